The largest absolute Gasteiger partial charge is 0.480 e. The molecule has 2 unspecified atom stereocenters. The number of benzene rings is 2. The standard InChI is InChI=1S/C25H26F2N2O4/c26-25(27)9-11-28(12-10-25)16-13-22(23(30)31)29(14-16)24(32)33-15-21-19-7-3-1-5-17(19)18-6-2-4-8-20(18)21/h1-8,16,21-22H,9-15H2,(H,30,31). The molecule has 2 aromatic carbocycles. The van der Waals surface area contributed by atoms with E-state index in [-0.39, 0.29) is 57.5 Å². The number of ether oxygens (including phenoxy) is 1. The zero-order valence-corrected chi connectivity index (χ0v) is 18.1. The number of carboxylic acid groups (broad SMARTS) is 1. The third-order valence-corrected chi connectivity index (χ3v) is 7.18. The first-order chi connectivity index (χ1) is 15.8. The molecule has 0 radical (unpaired) electrons. The highest BCUT2D eigenvalue weighted by Gasteiger charge is 2.45. The Bertz CT molecular complexity index is 1020. The minimum atomic E-state index is -2.67. The van der Waals surface area contributed by atoms with Crippen molar-refractivity contribution in [2.24, 2.45) is 0 Å². The lowest BCUT2D eigenvalue weighted by Crippen LogP contribution is -2.46. The van der Waals surface area contributed by atoms with Gasteiger partial charge in [0.15, 0.2) is 0 Å². The number of hydrogen-bond acceptors (Lipinski definition) is 4. The fraction of sp³-hybridized carbons (Fsp3) is 0.440. The summed E-state index contributed by atoms with van der Waals surface area (Å²) in [5, 5.41) is 9.68. The van der Waals surface area contributed by atoms with Crippen molar-refractivity contribution in [3.63, 3.8) is 0 Å². The lowest BCUT2D eigenvalue weighted by molar-refractivity contribution is -0.141. The maximum absolute atomic E-state index is 13.5. The summed E-state index contributed by atoms with van der Waals surface area (Å²) >= 11 is 0. The Balaban J connectivity index is 1.28. The number of carbonyl (C=O) groups excluding carboxylic acids is 1. The zero-order valence-electron chi connectivity index (χ0n) is 18.1. The molecule has 8 heteroatoms. The van der Waals surface area contributed by atoms with Crippen LogP contribution in [0.4, 0.5) is 13.6 Å². The molecule has 174 valence electrons. The lowest BCUT2D eigenvalue weighted by Gasteiger charge is -2.35. The molecule has 1 aliphatic carbocycles. The summed E-state index contributed by atoms with van der Waals surface area (Å²) < 4.78 is 32.7. The molecule has 2 fully saturated rings. The highest BCUT2D eigenvalue weighted by atomic mass is 19.3. The van der Waals surface area contributed by atoms with Gasteiger partial charge in [-0.25, -0.2) is 18.4 Å². The molecular weight excluding hydrogens is 430 g/mol. The van der Waals surface area contributed by atoms with Gasteiger partial charge in [0.2, 0.25) is 0 Å². The van der Waals surface area contributed by atoms with E-state index in [0.29, 0.717) is 0 Å². The first kappa shape index (κ1) is 21.8. The van der Waals surface area contributed by atoms with E-state index in [1.807, 2.05) is 53.4 Å². The minimum absolute atomic E-state index is 0.107. The van der Waals surface area contributed by atoms with Gasteiger partial charge in [-0.05, 0) is 28.7 Å². The van der Waals surface area contributed by atoms with Crippen LogP contribution >= 0.6 is 0 Å². The Labute approximate surface area is 190 Å². The first-order valence-electron chi connectivity index (χ1n) is 11.3. The second-order valence-corrected chi connectivity index (χ2v) is 9.09. The number of piperidine rings is 1. The van der Waals surface area contributed by atoms with Crippen LogP contribution in [0.25, 0.3) is 11.1 Å². The molecule has 1 N–H and O–H groups in total. The zero-order chi connectivity index (χ0) is 23.2. The molecule has 5 rings (SSSR count). The average molecular weight is 456 g/mol. The number of alkyl halides is 2. The fourth-order valence-corrected chi connectivity index (χ4v) is 5.41. The van der Waals surface area contributed by atoms with Crippen molar-refractivity contribution in [2.75, 3.05) is 26.2 Å². The lowest BCUT2D eigenvalue weighted by atomic mass is 9.98. The monoisotopic (exact) mass is 456 g/mol. The molecule has 33 heavy (non-hydrogen) atoms. The van der Waals surface area contributed by atoms with Gasteiger partial charge in [-0.3, -0.25) is 9.80 Å². The van der Waals surface area contributed by atoms with E-state index in [2.05, 4.69) is 0 Å². The predicted octanol–water partition coefficient (Wildman–Crippen LogP) is 4.19. The normalized spacial score (nSPS) is 24.4. The third-order valence-electron chi connectivity index (χ3n) is 7.18. The summed E-state index contributed by atoms with van der Waals surface area (Å²) in [6, 6.07) is 14.7. The number of fused-ring (bicyclic) bond motifs is 3. The van der Waals surface area contributed by atoms with E-state index < -0.39 is 24.0 Å². The minimum Gasteiger partial charge on any atom is -0.480 e. The van der Waals surface area contributed by atoms with Crippen LogP contribution in [-0.4, -0.2) is 71.2 Å². The van der Waals surface area contributed by atoms with Crippen LogP contribution in [0.3, 0.4) is 0 Å². The summed E-state index contributed by atoms with van der Waals surface area (Å²) in [5.41, 5.74) is 4.38. The van der Waals surface area contributed by atoms with Gasteiger partial charge < -0.3 is 9.84 Å². The van der Waals surface area contributed by atoms with Crippen molar-refractivity contribution in [3.05, 3.63) is 59.7 Å². The van der Waals surface area contributed by atoms with Gasteiger partial charge in [-0.2, -0.15) is 0 Å². The summed E-state index contributed by atoms with van der Waals surface area (Å²) in [4.78, 5) is 27.9. The Morgan fingerprint density at radius 3 is 2.15 bits per heavy atom. The quantitative estimate of drug-likeness (QED) is 0.747. The highest BCUT2D eigenvalue weighted by Crippen LogP contribution is 2.44. The molecule has 0 bridgehead atoms. The number of hydrogen-bond donors (Lipinski definition) is 1. The van der Waals surface area contributed by atoms with E-state index in [1.54, 1.807) is 0 Å². The molecule has 6 nitrogen and oxygen atoms in total. The number of aliphatic carboxylic acids is 1. The number of amides is 1. The number of likely N-dealkylation sites (tertiary alicyclic amines) is 2. The summed E-state index contributed by atoms with van der Waals surface area (Å²) in [5.74, 6) is -3.89. The molecular formula is C25H26F2N2O4. The smallest absolute Gasteiger partial charge is 0.410 e. The van der Waals surface area contributed by atoms with Crippen LogP contribution in [0.15, 0.2) is 48.5 Å². The SMILES string of the molecule is O=C(O)C1CC(N2CCC(F)(F)CC2)CN1C(=O)OCC1c2ccccc2-c2ccccc21. The van der Waals surface area contributed by atoms with Crippen molar-refractivity contribution < 1.29 is 28.2 Å². The molecule has 3 aliphatic rings. The molecule has 0 spiro atoms. The Morgan fingerprint density at radius 2 is 1.58 bits per heavy atom. The number of nitrogens with zero attached hydrogens (tertiary/aromatic N) is 2. The number of halogens is 2. The van der Waals surface area contributed by atoms with E-state index in [1.165, 1.54) is 4.90 Å². The van der Waals surface area contributed by atoms with Gasteiger partial charge in [0.1, 0.15) is 12.6 Å². The second kappa shape index (κ2) is 8.41. The van der Waals surface area contributed by atoms with Crippen LogP contribution in [-0.2, 0) is 9.53 Å². The molecule has 1 amide bonds. The average Bonchev–Trinajstić information content (AvgIpc) is 3.38. The number of carbonyl (C=O) groups is 2. The van der Waals surface area contributed by atoms with Crippen LogP contribution in [0, 0.1) is 0 Å². The van der Waals surface area contributed by atoms with E-state index in [4.69, 9.17) is 4.74 Å². The summed E-state index contributed by atoms with van der Waals surface area (Å²) in [7, 11) is 0. The first-order valence-corrected chi connectivity index (χ1v) is 11.3. The Kier molecular flexibility index (Phi) is 5.56. The molecule has 2 atom stereocenters. The van der Waals surface area contributed by atoms with Crippen molar-refractivity contribution in [3.8, 4) is 11.1 Å². The van der Waals surface area contributed by atoms with Crippen molar-refractivity contribution in [2.45, 2.75) is 43.2 Å². The van der Waals surface area contributed by atoms with Crippen LogP contribution < -0.4 is 0 Å². The summed E-state index contributed by atoms with van der Waals surface area (Å²) in [6.07, 6.45) is -0.946. The Hall–Kier alpha value is -3.00. The number of rotatable bonds is 4. The molecule has 0 saturated carbocycles. The molecule has 2 aliphatic heterocycles. The van der Waals surface area contributed by atoms with Gasteiger partial charge >= 0.3 is 12.1 Å². The van der Waals surface area contributed by atoms with Crippen molar-refractivity contribution >= 4 is 12.1 Å². The third kappa shape index (κ3) is 4.08. The van der Waals surface area contributed by atoms with E-state index >= 15 is 0 Å². The van der Waals surface area contributed by atoms with Crippen molar-refractivity contribution in [1.29, 1.82) is 0 Å². The van der Waals surface area contributed by atoms with Crippen LogP contribution in [0.2, 0.25) is 0 Å². The van der Waals surface area contributed by atoms with E-state index in [0.717, 1.165) is 22.3 Å². The van der Waals surface area contributed by atoms with Crippen LogP contribution in [0.1, 0.15) is 36.3 Å². The van der Waals surface area contributed by atoms with Crippen LogP contribution in [0.5, 0.6) is 0 Å². The van der Waals surface area contributed by atoms with Crippen molar-refractivity contribution in [1.82, 2.24) is 9.80 Å². The molecule has 2 heterocycles. The van der Waals surface area contributed by atoms with Gasteiger partial charge in [0, 0.05) is 44.4 Å². The van der Waals surface area contributed by atoms with Gasteiger partial charge in [0.05, 0.1) is 0 Å². The van der Waals surface area contributed by atoms with E-state index in [9.17, 15) is 23.5 Å². The van der Waals surface area contributed by atoms with Gasteiger partial charge in [-0.15, -0.1) is 0 Å². The van der Waals surface area contributed by atoms with Gasteiger partial charge in [0.25, 0.3) is 5.92 Å². The topological polar surface area (TPSA) is 70.1 Å². The second-order valence-electron chi connectivity index (χ2n) is 9.09. The molecule has 2 aromatic rings. The van der Waals surface area contributed by atoms with Gasteiger partial charge in [-0.1, -0.05) is 48.5 Å². The fourth-order valence-electron chi connectivity index (χ4n) is 5.41. The maximum atomic E-state index is 13.5. The molecule has 0 aromatic heterocycles. The Morgan fingerprint density at radius 1 is 1.00 bits per heavy atom. The highest BCUT2D eigenvalue weighted by molar-refractivity contribution is 5.82. The maximum Gasteiger partial charge on any atom is 0.410 e. The molecule has 2 saturated heterocycles. The predicted molar refractivity (Wildman–Crippen MR) is 117 cm³/mol. The number of carboxylic acids is 1. The summed E-state index contributed by atoms with van der Waals surface area (Å²) in [6.45, 7) is 0.667.